The van der Waals surface area contributed by atoms with E-state index in [2.05, 4.69) is 36.0 Å². The fourth-order valence-electron chi connectivity index (χ4n) is 3.71. The summed E-state index contributed by atoms with van der Waals surface area (Å²) < 4.78 is 38.1. The number of piperazine rings is 1. The second kappa shape index (κ2) is 8.56. The minimum absolute atomic E-state index is 0.0253. The molecular formula is C17H29F3N4O2. The first-order valence-electron chi connectivity index (χ1n) is 9.19. The van der Waals surface area contributed by atoms with Crippen molar-refractivity contribution in [1.29, 1.82) is 0 Å². The summed E-state index contributed by atoms with van der Waals surface area (Å²) in [6.07, 6.45) is -4.26. The summed E-state index contributed by atoms with van der Waals surface area (Å²) in [6.45, 7) is 8.21. The van der Waals surface area contributed by atoms with Crippen molar-refractivity contribution in [3.63, 3.8) is 0 Å². The van der Waals surface area contributed by atoms with Crippen molar-refractivity contribution in [3.05, 3.63) is 0 Å². The molecule has 1 N–H and O–H groups in total. The molecule has 0 aromatic rings. The van der Waals surface area contributed by atoms with Gasteiger partial charge in [0, 0.05) is 45.3 Å². The molecule has 26 heavy (non-hydrogen) atoms. The minimum Gasteiger partial charge on any atom is -0.353 e. The van der Waals surface area contributed by atoms with E-state index in [0.717, 1.165) is 26.2 Å². The Hall–Kier alpha value is -1.35. The third-order valence-electron chi connectivity index (χ3n) is 5.32. The highest BCUT2D eigenvalue weighted by Gasteiger charge is 2.47. The number of likely N-dealkylation sites (tertiary alicyclic amines) is 1. The number of rotatable bonds is 5. The summed E-state index contributed by atoms with van der Waals surface area (Å²) in [4.78, 5) is 29.2. The molecule has 0 aromatic carbocycles. The number of halogens is 3. The van der Waals surface area contributed by atoms with Crippen molar-refractivity contribution in [2.75, 3.05) is 46.3 Å². The molecule has 6 nitrogen and oxygen atoms in total. The lowest BCUT2D eigenvalue weighted by Gasteiger charge is -2.40. The van der Waals surface area contributed by atoms with E-state index in [0.29, 0.717) is 23.8 Å². The van der Waals surface area contributed by atoms with E-state index in [1.165, 1.54) is 0 Å². The third kappa shape index (κ3) is 5.09. The monoisotopic (exact) mass is 378 g/mol. The van der Waals surface area contributed by atoms with Gasteiger partial charge in [-0.05, 0) is 25.8 Å². The number of hydrogen-bond donors (Lipinski definition) is 1. The minimum atomic E-state index is -4.94. The van der Waals surface area contributed by atoms with Gasteiger partial charge in [-0.3, -0.25) is 14.5 Å². The van der Waals surface area contributed by atoms with Crippen LogP contribution in [0.2, 0.25) is 0 Å². The van der Waals surface area contributed by atoms with E-state index in [4.69, 9.17) is 0 Å². The van der Waals surface area contributed by atoms with Crippen molar-refractivity contribution in [3.8, 4) is 0 Å². The molecular weight excluding hydrogens is 349 g/mol. The molecule has 2 unspecified atom stereocenters. The molecule has 0 radical (unpaired) electrons. The van der Waals surface area contributed by atoms with E-state index in [1.54, 1.807) is 0 Å². The van der Waals surface area contributed by atoms with Crippen molar-refractivity contribution >= 4 is 11.8 Å². The lowest BCUT2D eigenvalue weighted by Crippen LogP contribution is -2.56. The first kappa shape index (κ1) is 21.0. The molecule has 150 valence electrons. The second-order valence-electron chi connectivity index (χ2n) is 7.55. The quantitative estimate of drug-likeness (QED) is 0.773. The Morgan fingerprint density at radius 1 is 1.12 bits per heavy atom. The zero-order chi connectivity index (χ0) is 19.5. The number of hydrogen-bond acceptors (Lipinski definition) is 4. The zero-order valence-electron chi connectivity index (χ0n) is 15.7. The van der Waals surface area contributed by atoms with Crippen LogP contribution in [0, 0.1) is 5.92 Å². The highest BCUT2D eigenvalue weighted by Crippen LogP contribution is 2.25. The molecule has 0 saturated carbocycles. The molecule has 2 amide bonds. The van der Waals surface area contributed by atoms with E-state index in [1.807, 2.05) is 0 Å². The Morgan fingerprint density at radius 3 is 2.27 bits per heavy atom. The zero-order valence-corrected chi connectivity index (χ0v) is 15.7. The van der Waals surface area contributed by atoms with Gasteiger partial charge >= 0.3 is 12.1 Å². The molecule has 2 fully saturated rings. The topological polar surface area (TPSA) is 55.9 Å². The van der Waals surface area contributed by atoms with Crippen LogP contribution in [-0.2, 0) is 9.59 Å². The predicted octanol–water partition coefficient (Wildman–Crippen LogP) is 0.928. The Balaban J connectivity index is 1.94. The van der Waals surface area contributed by atoms with E-state index < -0.39 is 24.0 Å². The van der Waals surface area contributed by atoms with Gasteiger partial charge in [0.2, 0.25) is 5.91 Å². The smallest absolute Gasteiger partial charge is 0.353 e. The van der Waals surface area contributed by atoms with Crippen molar-refractivity contribution in [1.82, 2.24) is 20.0 Å². The number of nitrogens with zero attached hydrogens (tertiary/aromatic N) is 3. The highest BCUT2D eigenvalue weighted by molar-refractivity contribution is 5.90. The van der Waals surface area contributed by atoms with Crippen LogP contribution in [0.25, 0.3) is 0 Å². The van der Waals surface area contributed by atoms with Crippen LogP contribution < -0.4 is 5.32 Å². The molecule has 2 aliphatic rings. The van der Waals surface area contributed by atoms with Gasteiger partial charge in [0.1, 0.15) is 6.04 Å². The summed E-state index contributed by atoms with van der Waals surface area (Å²) >= 11 is 0. The molecule has 2 saturated heterocycles. The van der Waals surface area contributed by atoms with E-state index in [9.17, 15) is 22.8 Å². The average molecular weight is 378 g/mol. The van der Waals surface area contributed by atoms with E-state index >= 15 is 0 Å². The summed E-state index contributed by atoms with van der Waals surface area (Å²) in [5.41, 5.74) is 0. The van der Waals surface area contributed by atoms with Crippen molar-refractivity contribution < 1.29 is 22.8 Å². The van der Waals surface area contributed by atoms with Gasteiger partial charge in [-0.2, -0.15) is 13.2 Å². The van der Waals surface area contributed by atoms with Gasteiger partial charge in [0.25, 0.3) is 0 Å². The number of likely N-dealkylation sites (N-methyl/N-ethyl adjacent to an activating group) is 1. The van der Waals surface area contributed by atoms with Crippen LogP contribution in [-0.4, -0.2) is 91.1 Å². The van der Waals surface area contributed by atoms with Crippen LogP contribution >= 0.6 is 0 Å². The Kier molecular flexibility index (Phi) is 6.90. The maximum atomic E-state index is 12.7. The van der Waals surface area contributed by atoms with Gasteiger partial charge in [0.05, 0.1) is 0 Å². The average Bonchev–Trinajstić information content (AvgIpc) is 3.04. The molecule has 2 aliphatic heterocycles. The first-order chi connectivity index (χ1) is 12.1. The van der Waals surface area contributed by atoms with Gasteiger partial charge in [-0.1, -0.05) is 13.8 Å². The fraction of sp³-hybridized carbons (Fsp3) is 0.882. The SMILES string of the molecule is CC(C)C(CNC(=O)C1CCCN1C(=O)C(F)(F)F)N1CCN(C)CC1. The third-order valence-corrected chi connectivity index (χ3v) is 5.32. The summed E-state index contributed by atoms with van der Waals surface area (Å²) in [6, 6.07) is -0.898. The molecule has 0 bridgehead atoms. The van der Waals surface area contributed by atoms with Gasteiger partial charge in [0.15, 0.2) is 0 Å². The molecule has 0 aromatic heterocycles. The predicted molar refractivity (Wildman–Crippen MR) is 91.5 cm³/mol. The largest absolute Gasteiger partial charge is 0.471 e. The Labute approximate surface area is 152 Å². The standard InChI is InChI=1S/C17H29F3N4O2/c1-12(2)14(23-9-7-22(3)8-10-23)11-21-15(25)13-5-4-6-24(13)16(26)17(18,19)20/h12-14H,4-11H2,1-3H3,(H,21,25). The maximum Gasteiger partial charge on any atom is 0.471 e. The van der Waals surface area contributed by atoms with Crippen molar-refractivity contribution in [2.24, 2.45) is 5.92 Å². The van der Waals surface area contributed by atoms with Gasteiger partial charge in [-0.15, -0.1) is 0 Å². The fourth-order valence-corrected chi connectivity index (χ4v) is 3.71. The second-order valence-corrected chi connectivity index (χ2v) is 7.55. The summed E-state index contributed by atoms with van der Waals surface area (Å²) in [7, 11) is 2.07. The molecule has 0 aliphatic carbocycles. The molecule has 2 atom stereocenters. The molecule has 9 heteroatoms. The van der Waals surface area contributed by atoms with Crippen LogP contribution in [0.3, 0.4) is 0 Å². The van der Waals surface area contributed by atoms with Crippen molar-refractivity contribution in [2.45, 2.75) is 44.9 Å². The molecule has 0 spiro atoms. The van der Waals surface area contributed by atoms with Gasteiger partial charge in [-0.25, -0.2) is 0 Å². The number of amides is 2. The van der Waals surface area contributed by atoms with Crippen LogP contribution in [0.15, 0.2) is 0 Å². The van der Waals surface area contributed by atoms with Crippen LogP contribution in [0.1, 0.15) is 26.7 Å². The maximum absolute atomic E-state index is 12.7. The van der Waals surface area contributed by atoms with E-state index in [-0.39, 0.29) is 19.0 Å². The lowest BCUT2D eigenvalue weighted by atomic mass is 10.0. The summed E-state index contributed by atoms with van der Waals surface area (Å²) in [5, 5.41) is 2.80. The Bertz CT molecular complexity index is 505. The summed E-state index contributed by atoms with van der Waals surface area (Å²) in [5.74, 6) is -2.11. The normalized spacial score (nSPS) is 24.1. The highest BCUT2D eigenvalue weighted by atomic mass is 19.4. The van der Waals surface area contributed by atoms with Crippen LogP contribution in [0.4, 0.5) is 13.2 Å². The number of alkyl halides is 3. The number of nitrogens with one attached hydrogen (secondary N) is 1. The first-order valence-corrected chi connectivity index (χ1v) is 9.19. The van der Waals surface area contributed by atoms with Crippen LogP contribution in [0.5, 0.6) is 0 Å². The number of carbonyl (C=O) groups excluding carboxylic acids is 2. The van der Waals surface area contributed by atoms with Gasteiger partial charge < -0.3 is 15.1 Å². The molecule has 2 heterocycles. The lowest BCUT2D eigenvalue weighted by molar-refractivity contribution is -0.186. The molecule has 2 rings (SSSR count). The number of carbonyl (C=O) groups is 2. The Morgan fingerprint density at radius 2 is 1.73 bits per heavy atom.